The fourth-order valence-corrected chi connectivity index (χ4v) is 2.18. The van der Waals surface area contributed by atoms with Crippen LogP contribution in [0.15, 0.2) is 29.2 Å². The number of hydrogen-bond donors (Lipinski definition) is 1. The van der Waals surface area contributed by atoms with E-state index in [2.05, 4.69) is 0 Å². The fraction of sp³-hybridized carbons (Fsp3) is 0.125. The number of carbonyl (C=O) groups excluding carboxylic acids is 1. The Hall–Kier alpha value is -0.700. The van der Waals surface area contributed by atoms with E-state index in [1.165, 1.54) is 12.1 Å². The Balaban J connectivity index is 2.96. The lowest BCUT2D eigenvalue weighted by Crippen LogP contribution is -2.31. The van der Waals surface area contributed by atoms with Crippen molar-refractivity contribution in [1.82, 2.24) is 4.72 Å². The molecule has 1 N–H and O–H groups in total. The number of hydrogen-bond acceptors (Lipinski definition) is 3. The van der Waals surface area contributed by atoms with E-state index < -0.39 is 22.6 Å². The van der Waals surface area contributed by atoms with E-state index in [1.807, 2.05) is 22.6 Å². The van der Waals surface area contributed by atoms with Crippen LogP contribution in [0.5, 0.6) is 0 Å². The SMILES string of the molecule is O=C(CF)NS(=O)(=O)c1ccc(I)cc1. The maximum absolute atomic E-state index is 11.8. The Kier molecular flexibility index (Phi) is 4.03. The van der Waals surface area contributed by atoms with Crippen molar-refractivity contribution >= 4 is 38.5 Å². The van der Waals surface area contributed by atoms with Gasteiger partial charge in [0.15, 0.2) is 6.67 Å². The molecule has 0 bridgehead atoms. The van der Waals surface area contributed by atoms with Crippen molar-refractivity contribution in [1.29, 1.82) is 0 Å². The summed E-state index contributed by atoms with van der Waals surface area (Å²) < 4.78 is 37.1. The molecule has 0 aliphatic carbocycles. The van der Waals surface area contributed by atoms with Gasteiger partial charge in [0.2, 0.25) is 0 Å². The van der Waals surface area contributed by atoms with Gasteiger partial charge in [0.05, 0.1) is 4.90 Å². The van der Waals surface area contributed by atoms with Crippen LogP contribution in [0.1, 0.15) is 0 Å². The Bertz CT molecular complexity index is 457. The standard InChI is InChI=1S/C8H7FINO3S/c9-5-8(12)11-15(13,14)7-3-1-6(10)2-4-7/h1-4H,5H2,(H,11,12). The molecule has 0 saturated heterocycles. The highest BCUT2D eigenvalue weighted by atomic mass is 127. The monoisotopic (exact) mass is 343 g/mol. The fourth-order valence-electron chi connectivity index (χ4n) is 0.850. The number of halogens is 2. The molecule has 0 aliphatic rings. The third-order valence-electron chi connectivity index (χ3n) is 1.49. The zero-order chi connectivity index (χ0) is 11.5. The summed E-state index contributed by atoms with van der Waals surface area (Å²) in [6.45, 7) is -1.36. The molecule has 15 heavy (non-hydrogen) atoms. The second-order valence-corrected chi connectivity index (χ2v) is 5.54. The molecule has 0 aromatic heterocycles. The molecular weight excluding hydrogens is 336 g/mol. The second kappa shape index (κ2) is 4.88. The first-order valence-electron chi connectivity index (χ1n) is 3.83. The van der Waals surface area contributed by atoms with Crippen LogP contribution < -0.4 is 4.72 Å². The smallest absolute Gasteiger partial charge is 0.265 e. The molecule has 0 radical (unpaired) electrons. The summed E-state index contributed by atoms with van der Waals surface area (Å²) in [7, 11) is -3.93. The summed E-state index contributed by atoms with van der Waals surface area (Å²) in [6.07, 6.45) is 0. The molecule has 7 heteroatoms. The highest BCUT2D eigenvalue weighted by molar-refractivity contribution is 14.1. The predicted molar refractivity (Wildman–Crippen MR) is 60.5 cm³/mol. The van der Waals surface area contributed by atoms with Crippen molar-refractivity contribution in [3.8, 4) is 0 Å². The van der Waals surface area contributed by atoms with Gasteiger partial charge in [-0.2, -0.15) is 0 Å². The summed E-state index contributed by atoms with van der Waals surface area (Å²) >= 11 is 2.02. The lowest BCUT2D eigenvalue weighted by Gasteiger charge is -2.04. The average Bonchev–Trinajstić information content (AvgIpc) is 2.17. The molecule has 0 fully saturated rings. The molecule has 0 spiro atoms. The first kappa shape index (κ1) is 12.4. The largest absolute Gasteiger partial charge is 0.271 e. The second-order valence-electron chi connectivity index (χ2n) is 2.62. The van der Waals surface area contributed by atoms with Crippen LogP contribution in [0.25, 0.3) is 0 Å². The first-order chi connectivity index (χ1) is 6.95. The van der Waals surface area contributed by atoms with Crippen LogP contribution >= 0.6 is 22.6 Å². The Morgan fingerprint density at radius 2 is 1.87 bits per heavy atom. The number of sulfonamides is 1. The topological polar surface area (TPSA) is 63.2 Å². The molecule has 0 aliphatic heterocycles. The van der Waals surface area contributed by atoms with Crippen molar-refractivity contribution in [2.45, 2.75) is 4.90 Å². The normalized spacial score (nSPS) is 11.1. The Morgan fingerprint density at radius 1 is 1.33 bits per heavy atom. The van der Waals surface area contributed by atoms with Crippen LogP contribution in [-0.2, 0) is 14.8 Å². The molecule has 1 aromatic rings. The number of carbonyl (C=O) groups is 1. The third kappa shape index (κ3) is 3.42. The number of amides is 1. The minimum Gasteiger partial charge on any atom is -0.271 e. The summed E-state index contributed by atoms with van der Waals surface area (Å²) in [4.78, 5) is 10.5. The maximum atomic E-state index is 11.8. The van der Waals surface area contributed by atoms with Crippen molar-refractivity contribution in [3.63, 3.8) is 0 Å². The van der Waals surface area contributed by atoms with E-state index in [9.17, 15) is 17.6 Å². The summed E-state index contributed by atoms with van der Waals surface area (Å²) in [5.74, 6) is -1.17. The minimum absolute atomic E-state index is 0.0651. The molecule has 0 heterocycles. The van der Waals surface area contributed by atoms with Gasteiger partial charge in [0, 0.05) is 3.57 Å². The van der Waals surface area contributed by atoms with Crippen molar-refractivity contribution in [2.75, 3.05) is 6.67 Å². The van der Waals surface area contributed by atoms with Gasteiger partial charge >= 0.3 is 0 Å². The van der Waals surface area contributed by atoms with Gasteiger partial charge in [0.1, 0.15) is 0 Å². The molecule has 4 nitrogen and oxygen atoms in total. The molecular formula is C8H7FINO3S. The molecule has 0 unspecified atom stereocenters. The van der Waals surface area contributed by atoms with E-state index >= 15 is 0 Å². The van der Waals surface area contributed by atoms with Gasteiger partial charge in [0.25, 0.3) is 15.9 Å². The van der Waals surface area contributed by atoms with Gasteiger partial charge in [-0.25, -0.2) is 17.5 Å². The van der Waals surface area contributed by atoms with Gasteiger partial charge in [-0.1, -0.05) is 0 Å². The molecule has 1 rings (SSSR count). The summed E-state index contributed by atoms with van der Waals surface area (Å²) in [6, 6.07) is 5.84. The third-order valence-corrected chi connectivity index (χ3v) is 3.60. The molecule has 0 saturated carbocycles. The number of rotatable bonds is 3. The van der Waals surface area contributed by atoms with Crippen LogP contribution in [0, 0.1) is 3.57 Å². The average molecular weight is 343 g/mol. The predicted octanol–water partition coefficient (Wildman–Crippen LogP) is 1.07. The van der Waals surface area contributed by atoms with Crippen molar-refractivity contribution < 1.29 is 17.6 Å². The van der Waals surface area contributed by atoms with Crippen LogP contribution in [-0.4, -0.2) is 21.0 Å². The van der Waals surface area contributed by atoms with Gasteiger partial charge in [-0.15, -0.1) is 0 Å². The lowest BCUT2D eigenvalue weighted by molar-refractivity contribution is -0.120. The van der Waals surface area contributed by atoms with Crippen molar-refractivity contribution in [2.24, 2.45) is 0 Å². The van der Waals surface area contributed by atoms with Crippen molar-refractivity contribution in [3.05, 3.63) is 27.8 Å². The molecule has 1 amide bonds. The lowest BCUT2D eigenvalue weighted by atomic mass is 10.4. The van der Waals surface area contributed by atoms with E-state index in [-0.39, 0.29) is 4.90 Å². The van der Waals surface area contributed by atoms with Crippen LogP contribution in [0.2, 0.25) is 0 Å². The maximum Gasteiger partial charge on any atom is 0.265 e. The van der Waals surface area contributed by atoms with E-state index in [0.29, 0.717) is 0 Å². The van der Waals surface area contributed by atoms with Crippen LogP contribution in [0.3, 0.4) is 0 Å². The molecule has 1 aromatic carbocycles. The zero-order valence-corrected chi connectivity index (χ0v) is 10.4. The summed E-state index contributed by atoms with van der Waals surface area (Å²) in [5.41, 5.74) is 0. The van der Waals surface area contributed by atoms with Gasteiger partial charge in [-0.3, -0.25) is 4.79 Å². The molecule has 0 atom stereocenters. The number of nitrogens with one attached hydrogen (secondary N) is 1. The van der Waals surface area contributed by atoms with Gasteiger partial charge < -0.3 is 0 Å². The molecule has 82 valence electrons. The van der Waals surface area contributed by atoms with Gasteiger partial charge in [-0.05, 0) is 46.9 Å². The van der Waals surface area contributed by atoms with E-state index in [4.69, 9.17) is 0 Å². The van der Waals surface area contributed by atoms with Crippen LogP contribution in [0.4, 0.5) is 4.39 Å². The Morgan fingerprint density at radius 3 is 2.33 bits per heavy atom. The quantitative estimate of drug-likeness (QED) is 0.835. The van der Waals surface area contributed by atoms with E-state index in [1.54, 1.807) is 16.9 Å². The minimum atomic E-state index is -3.93. The zero-order valence-electron chi connectivity index (χ0n) is 7.41. The highest BCUT2D eigenvalue weighted by Crippen LogP contribution is 2.11. The Labute approximate surface area is 100 Å². The first-order valence-corrected chi connectivity index (χ1v) is 6.39. The van der Waals surface area contributed by atoms with E-state index in [0.717, 1.165) is 3.57 Å². The number of benzene rings is 1. The summed E-state index contributed by atoms with van der Waals surface area (Å²) in [5, 5.41) is 0. The number of alkyl halides is 1. The highest BCUT2D eigenvalue weighted by Gasteiger charge is 2.16.